The molecule has 7 heteroatoms. The third-order valence-electron chi connectivity index (χ3n) is 7.31. The molecule has 3 aromatic carbocycles. The molecule has 0 spiro atoms. The van der Waals surface area contributed by atoms with Crippen LogP contribution in [0.25, 0.3) is 16.6 Å². The monoisotopic (exact) mass is 478 g/mol. The maximum absolute atomic E-state index is 13.3. The maximum Gasteiger partial charge on any atom is 0.331 e. The summed E-state index contributed by atoms with van der Waals surface area (Å²) >= 11 is 0. The van der Waals surface area contributed by atoms with E-state index in [1.54, 1.807) is 23.7 Å². The normalized spacial score (nSPS) is 14.7. The third-order valence-corrected chi connectivity index (χ3v) is 7.31. The lowest BCUT2D eigenvalue weighted by Gasteiger charge is -2.41. The smallest absolute Gasteiger partial charge is 0.331 e. The number of aromatic hydroxyl groups is 1. The second kappa shape index (κ2) is 7.75. The van der Waals surface area contributed by atoms with Crippen molar-refractivity contribution in [1.29, 1.82) is 0 Å². The second-order valence-corrected chi connectivity index (χ2v) is 9.48. The van der Waals surface area contributed by atoms with E-state index in [4.69, 9.17) is 0 Å². The summed E-state index contributed by atoms with van der Waals surface area (Å²) in [5.74, 6) is 0.151. The summed E-state index contributed by atoms with van der Waals surface area (Å²) < 4.78 is 4.74. The fraction of sp³-hybridized carbons (Fsp3) is 0.172. The highest BCUT2D eigenvalue weighted by Gasteiger charge is 2.37. The van der Waals surface area contributed by atoms with E-state index in [-0.39, 0.29) is 17.0 Å². The van der Waals surface area contributed by atoms with Crippen LogP contribution in [0.1, 0.15) is 28.4 Å². The van der Waals surface area contributed by atoms with Gasteiger partial charge >= 0.3 is 5.69 Å². The van der Waals surface area contributed by atoms with Gasteiger partial charge in [-0.1, -0.05) is 30.3 Å². The minimum atomic E-state index is -0.413. The van der Waals surface area contributed by atoms with Gasteiger partial charge in [0.2, 0.25) is 0 Å². The van der Waals surface area contributed by atoms with Crippen LogP contribution in [-0.2, 0) is 14.1 Å². The molecule has 0 radical (unpaired) electrons. The second-order valence-electron chi connectivity index (χ2n) is 9.48. The number of aromatic nitrogens is 3. The fourth-order valence-electron chi connectivity index (χ4n) is 5.38. The van der Waals surface area contributed by atoms with E-state index >= 15 is 0 Å². The number of anilines is 2. The topological polar surface area (TPSA) is 72.4 Å². The molecule has 1 N–H and O–H groups in total. The average molecular weight is 479 g/mol. The van der Waals surface area contributed by atoms with E-state index in [9.17, 15) is 14.7 Å². The Bertz CT molecular complexity index is 1790. The number of para-hydroxylation sites is 1. The van der Waals surface area contributed by atoms with E-state index in [1.165, 1.54) is 7.05 Å². The fourth-order valence-corrected chi connectivity index (χ4v) is 5.38. The van der Waals surface area contributed by atoms with Crippen molar-refractivity contribution in [3.8, 4) is 11.4 Å². The first kappa shape index (κ1) is 22.0. The van der Waals surface area contributed by atoms with Crippen LogP contribution in [-0.4, -0.2) is 18.8 Å². The Morgan fingerprint density at radius 3 is 2.19 bits per heavy atom. The Morgan fingerprint density at radius 2 is 1.50 bits per heavy atom. The Hall–Kier alpha value is -4.52. The van der Waals surface area contributed by atoms with E-state index in [2.05, 4.69) is 30.9 Å². The minimum absolute atomic E-state index is 0.151. The predicted molar refractivity (Wildman–Crippen MR) is 142 cm³/mol. The van der Waals surface area contributed by atoms with Crippen LogP contribution >= 0.6 is 0 Å². The van der Waals surface area contributed by atoms with Gasteiger partial charge in [0.05, 0.1) is 28.0 Å². The molecule has 2 aromatic heterocycles. The van der Waals surface area contributed by atoms with Crippen molar-refractivity contribution in [2.45, 2.75) is 19.9 Å². The van der Waals surface area contributed by atoms with Crippen molar-refractivity contribution in [3.05, 3.63) is 116 Å². The molecule has 0 fully saturated rings. The number of hydrogen-bond donors (Lipinski definition) is 1. The van der Waals surface area contributed by atoms with Crippen molar-refractivity contribution < 1.29 is 5.11 Å². The molecule has 1 atom stereocenters. The van der Waals surface area contributed by atoms with Crippen LogP contribution in [0.15, 0.2) is 82.5 Å². The zero-order chi connectivity index (χ0) is 25.3. The molecule has 5 aromatic rings. The first-order valence-corrected chi connectivity index (χ1v) is 11.8. The highest BCUT2D eigenvalue weighted by molar-refractivity contribution is 5.89. The van der Waals surface area contributed by atoms with E-state index in [0.29, 0.717) is 10.9 Å². The summed E-state index contributed by atoms with van der Waals surface area (Å²) in [5.41, 5.74) is 6.66. The predicted octanol–water partition coefficient (Wildman–Crippen LogP) is 4.59. The van der Waals surface area contributed by atoms with Crippen molar-refractivity contribution in [3.63, 3.8) is 0 Å². The molecule has 0 aliphatic carbocycles. The zero-order valence-corrected chi connectivity index (χ0v) is 20.6. The van der Waals surface area contributed by atoms with Gasteiger partial charge in [0, 0.05) is 26.0 Å². The van der Waals surface area contributed by atoms with Gasteiger partial charge in [0.15, 0.2) is 0 Å². The SMILES string of the molecule is Cc1cc2c(cc1C)-n1cc3c(=O)n(C)c(=O)n(C)c3c1C(c1cccc(O)c1)N2c1ccccc1. The summed E-state index contributed by atoms with van der Waals surface area (Å²) in [6.45, 7) is 4.16. The molecular formula is C29H26N4O3. The van der Waals surface area contributed by atoms with Crippen molar-refractivity contribution in [1.82, 2.24) is 13.7 Å². The molecule has 0 bridgehead atoms. The Morgan fingerprint density at radius 1 is 0.806 bits per heavy atom. The number of rotatable bonds is 2. The van der Waals surface area contributed by atoms with Gasteiger partial charge in [-0.05, 0) is 66.9 Å². The van der Waals surface area contributed by atoms with E-state index in [0.717, 1.165) is 44.0 Å². The van der Waals surface area contributed by atoms with Gasteiger partial charge in [-0.3, -0.25) is 13.9 Å². The van der Waals surface area contributed by atoms with Gasteiger partial charge in [0.1, 0.15) is 11.8 Å². The van der Waals surface area contributed by atoms with Gasteiger partial charge in [0.25, 0.3) is 5.56 Å². The molecule has 1 aliphatic heterocycles. The summed E-state index contributed by atoms with van der Waals surface area (Å²) in [7, 11) is 3.21. The minimum Gasteiger partial charge on any atom is -0.508 e. The lowest BCUT2D eigenvalue weighted by atomic mass is 9.94. The Kier molecular flexibility index (Phi) is 4.73. The molecule has 1 unspecified atom stereocenters. The number of hydrogen-bond acceptors (Lipinski definition) is 4. The molecule has 0 saturated carbocycles. The first-order valence-electron chi connectivity index (χ1n) is 11.8. The van der Waals surface area contributed by atoms with E-state index < -0.39 is 6.04 Å². The van der Waals surface area contributed by atoms with Gasteiger partial charge in [-0.15, -0.1) is 0 Å². The Balaban J connectivity index is 1.84. The average Bonchev–Trinajstić information content (AvgIpc) is 3.27. The summed E-state index contributed by atoms with van der Waals surface area (Å²) in [5, 5.41) is 10.9. The molecule has 180 valence electrons. The molecule has 36 heavy (non-hydrogen) atoms. The third kappa shape index (κ3) is 2.99. The number of nitrogens with zero attached hydrogens (tertiary/aromatic N) is 4. The molecular weight excluding hydrogens is 452 g/mol. The van der Waals surface area contributed by atoms with Crippen LogP contribution in [0.4, 0.5) is 11.4 Å². The molecule has 1 aliphatic rings. The largest absolute Gasteiger partial charge is 0.508 e. The first-order chi connectivity index (χ1) is 17.3. The number of fused-ring (bicyclic) bond motifs is 5. The molecule has 0 amide bonds. The molecule has 3 heterocycles. The molecule has 7 nitrogen and oxygen atoms in total. The zero-order valence-electron chi connectivity index (χ0n) is 20.6. The van der Waals surface area contributed by atoms with Crippen LogP contribution < -0.4 is 16.1 Å². The van der Waals surface area contributed by atoms with Crippen molar-refractivity contribution in [2.75, 3.05) is 4.90 Å². The van der Waals surface area contributed by atoms with Gasteiger partial charge < -0.3 is 14.6 Å². The van der Waals surface area contributed by atoms with Crippen molar-refractivity contribution >= 4 is 22.3 Å². The maximum atomic E-state index is 13.3. The number of benzene rings is 3. The van der Waals surface area contributed by atoms with Crippen LogP contribution in [0.2, 0.25) is 0 Å². The number of phenolic OH excluding ortho intramolecular Hbond substituents is 1. The quantitative estimate of drug-likeness (QED) is 0.403. The number of aryl methyl sites for hydroxylation is 3. The highest BCUT2D eigenvalue weighted by atomic mass is 16.3. The molecule has 6 rings (SSSR count). The highest BCUT2D eigenvalue weighted by Crippen LogP contribution is 2.49. The van der Waals surface area contributed by atoms with Crippen molar-refractivity contribution in [2.24, 2.45) is 14.1 Å². The summed E-state index contributed by atoms with van der Waals surface area (Å²) in [4.78, 5) is 28.6. The lowest BCUT2D eigenvalue weighted by molar-refractivity contribution is 0.474. The molecule has 0 saturated heterocycles. The van der Waals surface area contributed by atoms with Crippen LogP contribution in [0.3, 0.4) is 0 Å². The van der Waals surface area contributed by atoms with Gasteiger partial charge in [-0.25, -0.2) is 4.79 Å². The standard InChI is InChI=1S/C29H26N4O3/c1-17-13-23-24(14-18(17)2)33(20-10-6-5-7-11-20)25(19-9-8-12-21(34)15-19)27-26-22(16-32(23)27)28(35)31(4)29(36)30(26)3/h5-16,25,34H,1-4H3. The lowest BCUT2D eigenvalue weighted by Crippen LogP contribution is -2.37. The van der Waals surface area contributed by atoms with E-state index in [1.807, 2.05) is 53.2 Å². The van der Waals surface area contributed by atoms with Crippen LogP contribution in [0.5, 0.6) is 5.75 Å². The van der Waals surface area contributed by atoms with Gasteiger partial charge in [-0.2, -0.15) is 0 Å². The summed E-state index contributed by atoms with van der Waals surface area (Å²) in [6.07, 6.45) is 1.85. The number of phenols is 1. The van der Waals surface area contributed by atoms with Crippen LogP contribution in [0, 0.1) is 13.8 Å². The summed E-state index contributed by atoms with van der Waals surface area (Å²) in [6, 6.07) is 21.1. The Labute approximate surface area is 207 Å².